The van der Waals surface area contributed by atoms with Crippen molar-refractivity contribution < 1.29 is 29.3 Å². The second-order valence-corrected chi connectivity index (χ2v) is 17.8. The van der Waals surface area contributed by atoms with Gasteiger partial charge in [0.1, 0.15) is 29.4 Å². The third-order valence-corrected chi connectivity index (χ3v) is 13.5. The van der Waals surface area contributed by atoms with E-state index in [0.717, 1.165) is 49.1 Å². The normalized spacial score (nSPS) is 22.3. The van der Waals surface area contributed by atoms with Crippen molar-refractivity contribution in [3.63, 3.8) is 0 Å². The lowest BCUT2D eigenvalue weighted by atomic mass is 9.59. The van der Waals surface area contributed by atoms with Gasteiger partial charge in [-0.2, -0.15) is 0 Å². The molecule has 0 unspecified atom stereocenters. The summed E-state index contributed by atoms with van der Waals surface area (Å²) in [6.07, 6.45) is 9.46. The van der Waals surface area contributed by atoms with E-state index in [1.165, 1.54) is 16.7 Å². The maximum absolute atomic E-state index is 13.1. The number of anilines is 2. The number of aryl methyl sites for hydroxylation is 1. The monoisotopic (exact) mass is 827 g/mol. The Kier molecular flexibility index (Phi) is 12.1. The standard InChI is InChI=1S/C50H54ClN3O6/c1-32(30-60-45-18-23-52-43-13-6-8-33(2)47(43)45)24-37-26-35-14-16-41(59-31-36-27-39(15-17-44(36)55)53-46(56)25-34-9-4-3-5-10-34)29-42(35)49(37)19-21-50(22-20-49,48(57)58)54-40-12-7-11-38(51)28-40/h3-5,7,9-12,14-18,23,27-29,32-33,37,54-55H,6,8,13,19-22,24-26,30-31H2,1-2H3,(H,53,56)(H,57,58)/t32-,33-,37+,49?,50?/m1/s1. The quantitative estimate of drug-likeness (QED) is 0.0814. The van der Waals surface area contributed by atoms with Crippen LogP contribution in [0.1, 0.15) is 98.2 Å². The van der Waals surface area contributed by atoms with Gasteiger partial charge in [0.2, 0.25) is 5.91 Å². The second kappa shape index (κ2) is 17.6. The number of hydrogen-bond acceptors (Lipinski definition) is 7. The lowest BCUT2D eigenvalue weighted by Gasteiger charge is -2.47. The van der Waals surface area contributed by atoms with Crippen LogP contribution in [0.3, 0.4) is 0 Å². The maximum Gasteiger partial charge on any atom is 0.329 e. The Labute approximate surface area is 357 Å². The summed E-state index contributed by atoms with van der Waals surface area (Å²) in [5.74, 6) is 1.64. The van der Waals surface area contributed by atoms with Gasteiger partial charge in [0.15, 0.2) is 0 Å². The van der Waals surface area contributed by atoms with Crippen LogP contribution in [0.2, 0.25) is 5.02 Å². The van der Waals surface area contributed by atoms with Gasteiger partial charge in [-0.15, -0.1) is 0 Å². The Bertz CT molecular complexity index is 2340. The number of phenols is 1. The number of amides is 1. The first-order valence-electron chi connectivity index (χ1n) is 21.3. The van der Waals surface area contributed by atoms with Crippen molar-refractivity contribution in [1.29, 1.82) is 0 Å². The molecule has 60 heavy (non-hydrogen) atoms. The van der Waals surface area contributed by atoms with E-state index < -0.39 is 11.5 Å². The van der Waals surface area contributed by atoms with E-state index in [9.17, 15) is 19.8 Å². The lowest BCUT2D eigenvalue weighted by Crippen LogP contribution is -2.53. The molecule has 10 heteroatoms. The highest BCUT2D eigenvalue weighted by atomic mass is 35.5. The number of pyridine rings is 1. The van der Waals surface area contributed by atoms with Crippen LogP contribution in [0, 0.1) is 11.8 Å². The van der Waals surface area contributed by atoms with Gasteiger partial charge < -0.3 is 30.3 Å². The van der Waals surface area contributed by atoms with Crippen LogP contribution in [0.25, 0.3) is 0 Å². The Hall–Kier alpha value is -5.54. The number of aromatic hydroxyl groups is 1. The van der Waals surface area contributed by atoms with Crippen LogP contribution < -0.4 is 20.1 Å². The van der Waals surface area contributed by atoms with E-state index in [1.807, 2.05) is 60.8 Å². The fraction of sp³-hybridized carbons (Fsp3) is 0.380. The number of benzene rings is 4. The predicted molar refractivity (Wildman–Crippen MR) is 235 cm³/mol. The number of nitrogens with one attached hydrogen (secondary N) is 2. The van der Waals surface area contributed by atoms with Gasteiger partial charge in [-0.25, -0.2) is 4.79 Å². The molecular weight excluding hydrogens is 774 g/mol. The predicted octanol–water partition coefficient (Wildman–Crippen LogP) is 10.7. The molecule has 5 aromatic rings. The highest BCUT2D eigenvalue weighted by Crippen LogP contribution is 2.57. The smallest absolute Gasteiger partial charge is 0.329 e. The third-order valence-electron chi connectivity index (χ3n) is 13.2. The highest BCUT2D eigenvalue weighted by Gasteiger charge is 2.54. The summed E-state index contributed by atoms with van der Waals surface area (Å²) in [5, 5.41) is 28.4. The molecule has 4 aromatic carbocycles. The number of aliphatic carboxylic acids is 1. The van der Waals surface area contributed by atoms with Gasteiger partial charge in [0.25, 0.3) is 0 Å². The van der Waals surface area contributed by atoms with Crippen molar-refractivity contribution in [3.05, 3.63) is 142 Å². The van der Waals surface area contributed by atoms with Crippen molar-refractivity contribution in [3.8, 4) is 17.2 Å². The zero-order chi connectivity index (χ0) is 41.9. The topological polar surface area (TPSA) is 130 Å². The molecule has 0 bridgehead atoms. The molecule has 8 rings (SSSR count). The fourth-order valence-corrected chi connectivity index (χ4v) is 10.3. The molecule has 1 heterocycles. The molecule has 1 fully saturated rings. The number of rotatable bonds is 14. The van der Waals surface area contributed by atoms with Gasteiger partial charge in [-0.1, -0.05) is 67.9 Å². The zero-order valence-corrected chi connectivity index (χ0v) is 35.1. The van der Waals surface area contributed by atoms with E-state index in [1.54, 1.807) is 30.3 Å². The summed E-state index contributed by atoms with van der Waals surface area (Å²) < 4.78 is 13.0. The van der Waals surface area contributed by atoms with E-state index in [4.69, 9.17) is 21.1 Å². The number of hydrogen-bond donors (Lipinski definition) is 4. The number of fused-ring (bicyclic) bond motifs is 3. The largest absolute Gasteiger partial charge is 0.508 e. The average molecular weight is 828 g/mol. The summed E-state index contributed by atoms with van der Waals surface area (Å²) in [6, 6.07) is 30.1. The van der Waals surface area contributed by atoms with Gasteiger partial charge in [0.05, 0.1) is 13.0 Å². The lowest BCUT2D eigenvalue weighted by molar-refractivity contribution is -0.144. The van der Waals surface area contributed by atoms with E-state index in [-0.39, 0.29) is 41.9 Å². The minimum Gasteiger partial charge on any atom is -0.508 e. The van der Waals surface area contributed by atoms with E-state index in [2.05, 4.69) is 41.6 Å². The zero-order valence-electron chi connectivity index (χ0n) is 34.4. The molecule has 1 spiro atoms. The first kappa shape index (κ1) is 41.2. The number of carboxylic acids is 1. The van der Waals surface area contributed by atoms with E-state index in [0.29, 0.717) is 65.9 Å². The molecular formula is C50H54ClN3O6. The van der Waals surface area contributed by atoms with Gasteiger partial charge in [-0.05, 0) is 152 Å². The molecule has 0 radical (unpaired) electrons. The Morgan fingerprint density at radius 2 is 1.75 bits per heavy atom. The summed E-state index contributed by atoms with van der Waals surface area (Å²) in [7, 11) is 0. The molecule has 4 N–H and O–H groups in total. The van der Waals surface area contributed by atoms with E-state index >= 15 is 0 Å². The Morgan fingerprint density at radius 1 is 0.933 bits per heavy atom. The van der Waals surface area contributed by atoms with Crippen molar-refractivity contribution in [1.82, 2.24) is 4.98 Å². The molecule has 0 aliphatic heterocycles. The molecule has 312 valence electrons. The first-order valence-corrected chi connectivity index (χ1v) is 21.7. The number of aromatic nitrogens is 1. The van der Waals surface area contributed by atoms with Crippen LogP contribution in [-0.4, -0.2) is 39.2 Å². The van der Waals surface area contributed by atoms with Crippen molar-refractivity contribution in [2.45, 2.75) is 102 Å². The average Bonchev–Trinajstić information content (AvgIpc) is 3.52. The number of carbonyl (C=O) groups excluding carboxylic acids is 1. The summed E-state index contributed by atoms with van der Waals surface area (Å²) in [4.78, 5) is 30.6. The molecule has 0 saturated heterocycles. The SMILES string of the molecule is C[C@@H](COc1ccnc2c1[C@H](C)CCC2)C[C@H]1Cc2ccc(OCc3cc(NC(=O)Cc4ccccc4)ccc3O)cc2C12CCC(Nc1cccc(Cl)c1)(C(=O)O)CC2. The molecule has 3 atom stereocenters. The molecule has 9 nitrogen and oxygen atoms in total. The molecule has 1 amide bonds. The minimum atomic E-state index is -1.14. The van der Waals surface area contributed by atoms with Gasteiger partial charge in [0, 0.05) is 39.4 Å². The highest BCUT2D eigenvalue weighted by molar-refractivity contribution is 6.30. The first-order chi connectivity index (χ1) is 29.0. The van der Waals surface area contributed by atoms with Crippen LogP contribution in [0.15, 0.2) is 103 Å². The Balaban J connectivity index is 1.01. The van der Waals surface area contributed by atoms with Crippen molar-refractivity contribution in [2.75, 3.05) is 17.2 Å². The van der Waals surface area contributed by atoms with Gasteiger partial charge in [-0.3, -0.25) is 9.78 Å². The molecule has 1 saturated carbocycles. The number of ether oxygens (including phenoxy) is 2. The number of nitrogens with zero attached hydrogens (tertiary/aromatic N) is 1. The van der Waals surface area contributed by atoms with Crippen molar-refractivity contribution >= 4 is 34.9 Å². The molecule has 3 aliphatic rings. The second-order valence-electron chi connectivity index (χ2n) is 17.4. The van der Waals surface area contributed by atoms with Gasteiger partial charge >= 0.3 is 5.97 Å². The van der Waals surface area contributed by atoms with Crippen LogP contribution in [-0.2, 0) is 40.9 Å². The van der Waals surface area contributed by atoms with Crippen LogP contribution in [0.5, 0.6) is 17.2 Å². The summed E-state index contributed by atoms with van der Waals surface area (Å²) in [6.45, 7) is 5.21. The number of halogens is 1. The minimum absolute atomic E-state index is 0.0798. The summed E-state index contributed by atoms with van der Waals surface area (Å²) in [5.41, 5.74) is 6.22. The fourth-order valence-electron chi connectivity index (χ4n) is 10.1. The molecule has 3 aliphatic carbocycles. The number of carboxylic acid groups (broad SMARTS) is 1. The summed E-state index contributed by atoms with van der Waals surface area (Å²) >= 11 is 6.32. The number of phenolic OH excluding ortho intramolecular Hbond substituents is 1. The Morgan fingerprint density at radius 3 is 2.53 bits per heavy atom. The maximum atomic E-state index is 13.1. The van der Waals surface area contributed by atoms with Crippen LogP contribution >= 0.6 is 11.6 Å². The molecule has 1 aromatic heterocycles. The van der Waals surface area contributed by atoms with Crippen LogP contribution in [0.4, 0.5) is 11.4 Å². The van der Waals surface area contributed by atoms with Crippen molar-refractivity contribution in [2.24, 2.45) is 11.8 Å². The number of carbonyl (C=O) groups is 2. The third kappa shape index (κ3) is 8.83.